The van der Waals surface area contributed by atoms with E-state index in [1.165, 1.54) is 37.7 Å². The molecule has 4 rings (SSSR count). The van der Waals surface area contributed by atoms with Gasteiger partial charge in [-0.05, 0) is 49.9 Å². The minimum absolute atomic E-state index is 0.0631. The van der Waals surface area contributed by atoms with Gasteiger partial charge in [-0.3, -0.25) is 4.90 Å². The molecule has 2 N–H and O–H groups in total. The molecule has 5 nitrogen and oxygen atoms in total. The van der Waals surface area contributed by atoms with Crippen molar-refractivity contribution in [1.82, 2.24) is 20.1 Å². The maximum absolute atomic E-state index is 12.4. The summed E-state index contributed by atoms with van der Waals surface area (Å²) in [5.74, 6) is 0. The van der Waals surface area contributed by atoms with Crippen LogP contribution < -0.4 is 5.32 Å². The van der Waals surface area contributed by atoms with E-state index in [0.29, 0.717) is 12.6 Å². The number of aromatic nitrogens is 1. The van der Waals surface area contributed by atoms with E-state index in [2.05, 4.69) is 33.4 Å². The van der Waals surface area contributed by atoms with Crippen LogP contribution >= 0.6 is 0 Å². The molecule has 2 aliphatic rings. The van der Waals surface area contributed by atoms with Gasteiger partial charge < -0.3 is 15.2 Å². The zero-order valence-electron chi connectivity index (χ0n) is 14.1. The average molecular weight is 326 g/mol. The van der Waals surface area contributed by atoms with E-state index in [0.717, 1.165) is 30.7 Å². The molecule has 0 radical (unpaired) electrons. The summed E-state index contributed by atoms with van der Waals surface area (Å²) in [6.45, 7) is 4.71. The number of piperidine rings is 1. The quantitative estimate of drug-likeness (QED) is 0.911. The van der Waals surface area contributed by atoms with Crippen molar-refractivity contribution in [3.63, 3.8) is 0 Å². The number of nitrogens with zero attached hydrogens (tertiary/aromatic N) is 2. The zero-order chi connectivity index (χ0) is 16.4. The summed E-state index contributed by atoms with van der Waals surface area (Å²) in [6.07, 6.45) is 5.09. The Morgan fingerprint density at radius 1 is 1.17 bits per heavy atom. The molecule has 0 unspecified atom stereocenters. The summed E-state index contributed by atoms with van der Waals surface area (Å²) >= 11 is 0. The number of hydrogen-bond donors (Lipinski definition) is 2. The fraction of sp³-hybridized carbons (Fsp3) is 0.526. The number of nitrogens with one attached hydrogen (secondary N) is 2. The lowest BCUT2D eigenvalue weighted by molar-refractivity contribution is 0.161. The van der Waals surface area contributed by atoms with Gasteiger partial charge in [0.1, 0.15) is 0 Å². The Morgan fingerprint density at radius 3 is 2.83 bits per heavy atom. The van der Waals surface area contributed by atoms with Crippen LogP contribution in [-0.2, 0) is 6.54 Å². The van der Waals surface area contributed by atoms with Gasteiger partial charge in [-0.15, -0.1) is 0 Å². The smallest absolute Gasteiger partial charge is 0.317 e. The third-order valence-corrected chi connectivity index (χ3v) is 5.37. The van der Waals surface area contributed by atoms with Crippen LogP contribution in [0.2, 0.25) is 0 Å². The Balaban J connectivity index is 1.30. The lowest BCUT2D eigenvalue weighted by Crippen LogP contribution is -2.43. The van der Waals surface area contributed by atoms with E-state index < -0.39 is 0 Å². The van der Waals surface area contributed by atoms with Crippen molar-refractivity contribution in [3.05, 3.63) is 36.0 Å². The molecule has 3 heterocycles. The number of fused-ring (bicyclic) bond motifs is 1. The predicted octanol–water partition coefficient (Wildman–Crippen LogP) is 2.94. The fourth-order valence-electron chi connectivity index (χ4n) is 4.02. The zero-order valence-corrected chi connectivity index (χ0v) is 14.1. The number of urea groups is 1. The Hall–Kier alpha value is -2.01. The molecular weight excluding hydrogens is 300 g/mol. The van der Waals surface area contributed by atoms with Crippen LogP contribution in [0.5, 0.6) is 0 Å². The fourth-order valence-corrected chi connectivity index (χ4v) is 4.02. The number of aromatic amines is 1. The number of para-hydroxylation sites is 1. The molecule has 5 heteroatoms. The highest BCUT2D eigenvalue weighted by atomic mass is 16.2. The monoisotopic (exact) mass is 326 g/mol. The second kappa shape index (κ2) is 6.85. The SMILES string of the molecule is O=C(NCc1cc2ccccc2[nH]1)N1CC[C@H](N2CCCCC2)C1. The number of carbonyl (C=O) groups excluding carboxylic acids is 1. The average Bonchev–Trinajstić information content (AvgIpc) is 3.27. The summed E-state index contributed by atoms with van der Waals surface area (Å²) in [4.78, 5) is 20.4. The summed E-state index contributed by atoms with van der Waals surface area (Å²) in [6, 6.07) is 10.9. The molecule has 1 aromatic heterocycles. The molecule has 0 saturated carbocycles. The van der Waals surface area contributed by atoms with Crippen molar-refractivity contribution >= 4 is 16.9 Å². The van der Waals surface area contributed by atoms with E-state index in [4.69, 9.17) is 0 Å². The van der Waals surface area contributed by atoms with E-state index in [9.17, 15) is 4.79 Å². The van der Waals surface area contributed by atoms with Gasteiger partial charge in [0.05, 0.1) is 6.54 Å². The number of likely N-dealkylation sites (tertiary alicyclic amines) is 2. The van der Waals surface area contributed by atoms with Gasteiger partial charge in [0.25, 0.3) is 0 Å². The van der Waals surface area contributed by atoms with Crippen LogP contribution in [0.25, 0.3) is 10.9 Å². The molecule has 0 spiro atoms. The molecule has 2 aliphatic heterocycles. The van der Waals surface area contributed by atoms with Gasteiger partial charge in [0.15, 0.2) is 0 Å². The van der Waals surface area contributed by atoms with Crippen LogP contribution in [0.4, 0.5) is 4.79 Å². The third kappa shape index (κ3) is 3.26. The summed E-state index contributed by atoms with van der Waals surface area (Å²) in [5, 5.41) is 4.25. The molecule has 128 valence electrons. The van der Waals surface area contributed by atoms with Gasteiger partial charge in [-0.25, -0.2) is 4.79 Å². The maximum atomic E-state index is 12.4. The van der Waals surface area contributed by atoms with Crippen LogP contribution in [0.1, 0.15) is 31.4 Å². The van der Waals surface area contributed by atoms with Gasteiger partial charge in [-0.1, -0.05) is 24.6 Å². The molecule has 2 fully saturated rings. The number of H-pyrrole nitrogens is 1. The van der Waals surface area contributed by atoms with Crippen LogP contribution in [0.15, 0.2) is 30.3 Å². The second-order valence-corrected chi connectivity index (χ2v) is 7.03. The molecule has 0 aliphatic carbocycles. The molecule has 1 aromatic carbocycles. The molecule has 0 bridgehead atoms. The molecule has 1 atom stereocenters. The van der Waals surface area contributed by atoms with Gasteiger partial charge >= 0.3 is 6.03 Å². The standard InChI is InChI=1S/C19H26N4O/c24-19(20-13-16-12-15-6-2-3-7-18(15)21-16)23-11-8-17(14-23)22-9-4-1-5-10-22/h2-3,6-7,12,17,21H,1,4-5,8-11,13-14H2,(H,20,24)/t17-/m0/s1. The van der Waals surface area contributed by atoms with Crippen molar-refractivity contribution in [2.75, 3.05) is 26.2 Å². The maximum Gasteiger partial charge on any atom is 0.317 e. The number of amides is 2. The first-order valence-electron chi connectivity index (χ1n) is 9.13. The molecule has 2 saturated heterocycles. The van der Waals surface area contributed by atoms with Crippen LogP contribution in [0.3, 0.4) is 0 Å². The van der Waals surface area contributed by atoms with Crippen LogP contribution in [0, 0.1) is 0 Å². The first-order valence-corrected chi connectivity index (χ1v) is 9.13. The van der Waals surface area contributed by atoms with Crippen molar-refractivity contribution in [3.8, 4) is 0 Å². The van der Waals surface area contributed by atoms with E-state index in [1.807, 2.05) is 17.0 Å². The Bertz CT molecular complexity index is 671. The van der Waals surface area contributed by atoms with E-state index >= 15 is 0 Å². The largest absolute Gasteiger partial charge is 0.357 e. The lowest BCUT2D eigenvalue weighted by Gasteiger charge is -2.32. The summed E-state index contributed by atoms with van der Waals surface area (Å²) in [5.41, 5.74) is 2.17. The topological polar surface area (TPSA) is 51.4 Å². The normalized spacial score (nSPS) is 22.2. The molecule has 24 heavy (non-hydrogen) atoms. The first kappa shape index (κ1) is 15.5. The van der Waals surface area contributed by atoms with Crippen molar-refractivity contribution in [1.29, 1.82) is 0 Å². The van der Waals surface area contributed by atoms with Gasteiger partial charge in [-0.2, -0.15) is 0 Å². The highest BCUT2D eigenvalue weighted by Gasteiger charge is 2.30. The van der Waals surface area contributed by atoms with Crippen molar-refractivity contribution < 1.29 is 4.79 Å². The van der Waals surface area contributed by atoms with E-state index in [1.54, 1.807) is 0 Å². The Kier molecular flexibility index (Phi) is 4.43. The minimum atomic E-state index is 0.0631. The second-order valence-electron chi connectivity index (χ2n) is 7.03. The molecule has 2 aromatic rings. The Morgan fingerprint density at radius 2 is 2.00 bits per heavy atom. The summed E-state index contributed by atoms with van der Waals surface area (Å²) in [7, 11) is 0. The predicted molar refractivity (Wildman–Crippen MR) is 95.9 cm³/mol. The van der Waals surface area contributed by atoms with E-state index in [-0.39, 0.29) is 6.03 Å². The molecule has 2 amide bonds. The minimum Gasteiger partial charge on any atom is -0.357 e. The van der Waals surface area contributed by atoms with Crippen molar-refractivity contribution in [2.45, 2.75) is 38.3 Å². The van der Waals surface area contributed by atoms with Gasteiger partial charge in [0, 0.05) is 30.3 Å². The van der Waals surface area contributed by atoms with Gasteiger partial charge in [0.2, 0.25) is 0 Å². The van der Waals surface area contributed by atoms with Crippen molar-refractivity contribution in [2.24, 2.45) is 0 Å². The summed E-state index contributed by atoms with van der Waals surface area (Å²) < 4.78 is 0. The highest BCUT2D eigenvalue weighted by Crippen LogP contribution is 2.20. The number of carbonyl (C=O) groups is 1. The molecular formula is C19H26N4O. The highest BCUT2D eigenvalue weighted by molar-refractivity contribution is 5.80. The third-order valence-electron chi connectivity index (χ3n) is 5.37. The number of rotatable bonds is 3. The Labute approximate surface area is 143 Å². The number of benzene rings is 1. The van der Waals surface area contributed by atoms with Crippen LogP contribution in [-0.4, -0.2) is 53.0 Å². The first-order chi connectivity index (χ1) is 11.8. The number of hydrogen-bond acceptors (Lipinski definition) is 2. The lowest BCUT2D eigenvalue weighted by atomic mass is 10.1.